The van der Waals surface area contributed by atoms with Gasteiger partial charge < -0.3 is 4.57 Å². The minimum atomic E-state index is 0.438. The van der Waals surface area contributed by atoms with Crippen molar-refractivity contribution in [2.75, 3.05) is 0 Å². The van der Waals surface area contributed by atoms with Crippen molar-refractivity contribution in [1.29, 1.82) is 0 Å². The van der Waals surface area contributed by atoms with E-state index in [-0.39, 0.29) is 0 Å². The molecule has 0 spiro atoms. The molecule has 0 aliphatic heterocycles. The van der Waals surface area contributed by atoms with Gasteiger partial charge in [0.25, 0.3) is 0 Å². The van der Waals surface area contributed by atoms with Crippen molar-refractivity contribution in [2.24, 2.45) is 11.8 Å². The lowest BCUT2D eigenvalue weighted by Crippen LogP contribution is -2.27. The highest BCUT2D eigenvalue weighted by Crippen LogP contribution is 2.32. The predicted octanol–water partition coefficient (Wildman–Crippen LogP) is 5.18. The molecule has 1 unspecified atom stereocenters. The highest BCUT2D eigenvalue weighted by atomic mass is 15.1. The molecule has 0 saturated heterocycles. The number of benzene rings is 2. The first-order valence-corrected chi connectivity index (χ1v) is 8.79. The third kappa shape index (κ3) is 4.14. The second-order valence-corrected chi connectivity index (χ2v) is 6.88. The fourth-order valence-corrected chi connectivity index (χ4v) is 3.73. The topological polar surface area (TPSA) is 17.8 Å². The largest absolute Gasteiger partial charge is 0.334 e. The second-order valence-electron chi connectivity index (χ2n) is 6.88. The molecule has 124 valence electrons. The average molecular weight is 318 g/mol. The van der Waals surface area contributed by atoms with Crippen LogP contribution in [0, 0.1) is 11.8 Å². The standard InChI is InChI=1S/C22H26N2/c1-18(2)22(24-14-13-23-17-24)21(15-19-9-5-3-6-10-19)16-20-11-7-4-8-12-20/h3-14,17-18,21-22H,15-16H2,1-2H3. The van der Waals surface area contributed by atoms with E-state index in [1.807, 2.05) is 12.5 Å². The van der Waals surface area contributed by atoms with Gasteiger partial charge in [0.15, 0.2) is 0 Å². The summed E-state index contributed by atoms with van der Waals surface area (Å²) >= 11 is 0. The van der Waals surface area contributed by atoms with Crippen LogP contribution in [0.1, 0.15) is 31.0 Å². The number of hydrogen-bond donors (Lipinski definition) is 0. The van der Waals surface area contributed by atoms with Gasteiger partial charge in [-0.25, -0.2) is 4.98 Å². The van der Waals surface area contributed by atoms with Crippen molar-refractivity contribution in [2.45, 2.75) is 32.7 Å². The van der Waals surface area contributed by atoms with Crippen molar-refractivity contribution in [1.82, 2.24) is 9.55 Å². The van der Waals surface area contributed by atoms with Crippen LogP contribution in [-0.4, -0.2) is 9.55 Å². The molecule has 1 aromatic heterocycles. The van der Waals surface area contributed by atoms with E-state index < -0.39 is 0 Å². The molecule has 0 saturated carbocycles. The van der Waals surface area contributed by atoms with E-state index >= 15 is 0 Å². The molecule has 3 aromatic rings. The Morgan fingerprint density at radius 2 is 1.38 bits per heavy atom. The van der Waals surface area contributed by atoms with Gasteiger partial charge in [0.05, 0.1) is 6.33 Å². The molecule has 1 heterocycles. The molecule has 2 aromatic carbocycles. The Hall–Kier alpha value is -2.35. The van der Waals surface area contributed by atoms with E-state index in [1.165, 1.54) is 11.1 Å². The Morgan fingerprint density at radius 3 is 1.79 bits per heavy atom. The van der Waals surface area contributed by atoms with Crippen LogP contribution in [0.3, 0.4) is 0 Å². The third-order valence-electron chi connectivity index (χ3n) is 4.72. The molecule has 24 heavy (non-hydrogen) atoms. The second kappa shape index (κ2) is 7.96. The number of aromatic nitrogens is 2. The van der Waals surface area contributed by atoms with E-state index in [4.69, 9.17) is 0 Å². The van der Waals surface area contributed by atoms with E-state index in [0.717, 1.165) is 12.8 Å². The maximum Gasteiger partial charge on any atom is 0.0948 e. The van der Waals surface area contributed by atoms with Gasteiger partial charge in [0.1, 0.15) is 0 Å². The minimum absolute atomic E-state index is 0.438. The minimum Gasteiger partial charge on any atom is -0.334 e. The SMILES string of the molecule is CC(C)C(C(Cc1ccccc1)Cc1ccccc1)n1ccnc1. The summed E-state index contributed by atoms with van der Waals surface area (Å²) in [5, 5.41) is 0. The fourth-order valence-electron chi connectivity index (χ4n) is 3.73. The monoisotopic (exact) mass is 318 g/mol. The molecule has 0 amide bonds. The first kappa shape index (κ1) is 16.5. The molecule has 1 atom stereocenters. The van der Waals surface area contributed by atoms with Gasteiger partial charge in [0.2, 0.25) is 0 Å². The summed E-state index contributed by atoms with van der Waals surface area (Å²) in [6.07, 6.45) is 8.12. The third-order valence-corrected chi connectivity index (χ3v) is 4.72. The van der Waals surface area contributed by atoms with E-state index in [1.54, 1.807) is 0 Å². The zero-order chi connectivity index (χ0) is 16.8. The van der Waals surface area contributed by atoms with Crippen LogP contribution in [0.15, 0.2) is 79.4 Å². The Kier molecular flexibility index (Phi) is 5.47. The van der Waals surface area contributed by atoms with E-state index in [9.17, 15) is 0 Å². The zero-order valence-electron chi connectivity index (χ0n) is 14.5. The van der Waals surface area contributed by atoms with Crippen molar-refractivity contribution in [3.63, 3.8) is 0 Å². The summed E-state index contributed by atoms with van der Waals surface area (Å²) in [6, 6.07) is 22.1. The molecule has 0 fully saturated rings. The number of hydrogen-bond acceptors (Lipinski definition) is 1. The Bertz CT molecular complexity index is 661. The van der Waals surface area contributed by atoms with Gasteiger partial charge in [-0.15, -0.1) is 0 Å². The molecular weight excluding hydrogens is 292 g/mol. The van der Waals surface area contributed by atoms with E-state index in [0.29, 0.717) is 17.9 Å². The summed E-state index contributed by atoms with van der Waals surface area (Å²) in [5.74, 6) is 1.08. The summed E-state index contributed by atoms with van der Waals surface area (Å²) in [4.78, 5) is 4.28. The fraction of sp³-hybridized carbons (Fsp3) is 0.318. The van der Waals surface area contributed by atoms with Crippen LogP contribution in [0.2, 0.25) is 0 Å². The lowest BCUT2D eigenvalue weighted by molar-refractivity contribution is 0.250. The molecule has 0 bridgehead atoms. The lowest BCUT2D eigenvalue weighted by Gasteiger charge is -2.32. The summed E-state index contributed by atoms with van der Waals surface area (Å²) in [6.45, 7) is 4.63. The first-order chi connectivity index (χ1) is 11.7. The predicted molar refractivity (Wildman–Crippen MR) is 99.9 cm³/mol. The summed E-state index contributed by atoms with van der Waals surface area (Å²) < 4.78 is 2.29. The van der Waals surface area contributed by atoms with Crippen LogP contribution >= 0.6 is 0 Å². The Labute approximate surface area is 145 Å². The van der Waals surface area contributed by atoms with E-state index in [2.05, 4.69) is 90.3 Å². The highest BCUT2D eigenvalue weighted by Gasteiger charge is 2.26. The number of nitrogens with zero attached hydrogens (tertiary/aromatic N) is 2. The molecule has 0 aliphatic carbocycles. The summed E-state index contributed by atoms with van der Waals surface area (Å²) in [7, 11) is 0. The van der Waals surface area contributed by atoms with Crippen molar-refractivity contribution < 1.29 is 0 Å². The maximum atomic E-state index is 4.28. The normalized spacial score (nSPS) is 12.7. The first-order valence-electron chi connectivity index (χ1n) is 8.79. The average Bonchev–Trinajstić information content (AvgIpc) is 3.10. The molecule has 0 aliphatic rings. The van der Waals surface area contributed by atoms with Gasteiger partial charge >= 0.3 is 0 Å². The number of imidazole rings is 1. The molecule has 0 N–H and O–H groups in total. The Balaban J connectivity index is 1.90. The molecule has 2 heteroatoms. The summed E-state index contributed by atoms with van der Waals surface area (Å²) in [5.41, 5.74) is 2.81. The van der Waals surface area contributed by atoms with Gasteiger partial charge in [0, 0.05) is 18.4 Å². The van der Waals surface area contributed by atoms with Crippen LogP contribution in [0.25, 0.3) is 0 Å². The van der Waals surface area contributed by atoms with Gasteiger partial charge in [-0.3, -0.25) is 0 Å². The van der Waals surface area contributed by atoms with Gasteiger partial charge in [-0.2, -0.15) is 0 Å². The van der Waals surface area contributed by atoms with Crippen molar-refractivity contribution in [3.8, 4) is 0 Å². The number of rotatable bonds is 7. The maximum absolute atomic E-state index is 4.28. The smallest absolute Gasteiger partial charge is 0.0948 e. The van der Waals surface area contributed by atoms with Gasteiger partial charge in [-0.05, 0) is 35.8 Å². The molecule has 0 radical (unpaired) electrons. The Morgan fingerprint density at radius 1 is 0.833 bits per heavy atom. The highest BCUT2D eigenvalue weighted by molar-refractivity contribution is 5.19. The zero-order valence-corrected chi connectivity index (χ0v) is 14.5. The quantitative estimate of drug-likeness (QED) is 0.587. The molecule has 2 nitrogen and oxygen atoms in total. The van der Waals surface area contributed by atoms with Crippen molar-refractivity contribution in [3.05, 3.63) is 90.5 Å². The van der Waals surface area contributed by atoms with Crippen LogP contribution in [0.4, 0.5) is 0 Å². The lowest BCUT2D eigenvalue weighted by atomic mass is 9.81. The van der Waals surface area contributed by atoms with Gasteiger partial charge in [-0.1, -0.05) is 74.5 Å². The van der Waals surface area contributed by atoms with Crippen LogP contribution in [0.5, 0.6) is 0 Å². The van der Waals surface area contributed by atoms with Crippen molar-refractivity contribution >= 4 is 0 Å². The van der Waals surface area contributed by atoms with Crippen LogP contribution < -0.4 is 0 Å². The molecular formula is C22H26N2. The van der Waals surface area contributed by atoms with Crippen LogP contribution in [-0.2, 0) is 12.8 Å². The molecule has 3 rings (SSSR count).